The van der Waals surface area contributed by atoms with Gasteiger partial charge in [-0.1, -0.05) is 48.2 Å². The summed E-state index contributed by atoms with van der Waals surface area (Å²) in [5.41, 5.74) is 0.800. The van der Waals surface area contributed by atoms with Crippen molar-refractivity contribution in [2.75, 3.05) is 26.3 Å². The first kappa shape index (κ1) is 24.7. The van der Waals surface area contributed by atoms with Gasteiger partial charge >= 0.3 is 5.97 Å². The van der Waals surface area contributed by atoms with E-state index in [2.05, 4.69) is 0 Å². The molecule has 0 spiro atoms. The van der Waals surface area contributed by atoms with Gasteiger partial charge in [0, 0.05) is 7.05 Å². The normalized spacial score (nSPS) is 21.8. The van der Waals surface area contributed by atoms with Crippen LogP contribution in [-0.2, 0) is 9.59 Å². The summed E-state index contributed by atoms with van der Waals surface area (Å²) in [7, 11) is 4.53. The number of methoxy groups -OCH3 is 2. The second kappa shape index (κ2) is 9.68. The van der Waals surface area contributed by atoms with Crippen LogP contribution in [0, 0.1) is 0 Å². The molecule has 0 saturated carbocycles. The number of aromatic carboxylic acids is 1. The van der Waals surface area contributed by atoms with Crippen LogP contribution < -0.4 is 14.5 Å². The number of likely N-dealkylation sites (N-methyl/N-ethyl adjacent to an activating group) is 1. The van der Waals surface area contributed by atoms with Gasteiger partial charge in [0.15, 0.2) is 11.5 Å². The van der Waals surface area contributed by atoms with E-state index in [1.165, 1.54) is 36.3 Å². The van der Waals surface area contributed by atoms with Crippen LogP contribution in [0.15, 0.2) is 47.4 Å². The molecule has 0 aromatic heterocycles. The lowest BCUT2D eigenvalue weighted by atomic mass is 10.0. The predicted octanol–water partition coefficient (Wildman–Crippen LogP) is 3.25. The number of carboxylic acid groups (broad SMARTS) is 1. The number of carbonyl (C=O) groups is 3. The van der Waals surface area contributed by atoms with Gasteiger partial charge in [-0.3, -0.25) is 14.5 Å². The number of ether oxygens (including phenoxy) is 2. The molecule has 2 aromatic carbocycles. The standard InChI is InChI=1S/C24H23N3O6S2/c1-13-19(22(29)27(25(13)2)15-8-6-5-7-9-15)26-21(28)17(35-24(26)34)12-14-10-11-16(32-3)20(33-4)18(14)23(30)31/h5-13,19H,1-4H3,(H,30,31)/b17-12-/t13-,19-/m1/s1. The zero-order valence-electron chi connectivity index (χ0n) is 19.4. The van der Waals surface area contributed by atoms with E-state index in [0.717, 1.165) is 11.8 Å². The van der Waals surface area contributed by atoms with E-state index in [1.54, 1.807) is 18.1 Å². The molecule has 2 aliphatic rings. The number of amides is 2. The Morgan fingerprint density at radius 1 is 1.11 bits per heavy atom. The molecule has 2 atom stereocenters. The molecule has 11 heteroatoms. The number of hydrazine groups is 1. The van der Waals surface area contributed by atoms with Crippen molar-refractivity contribution in [2.45, 2.75) is 19.0 Å². The van der Waals surface area contributed by atoms with Gasteiger partial charge in [-0.15, -0.1) is 0 Å². The van der Waals surface area contributed by atoms with E-state index < -0.39 is 17.9 Å². The maximum Gasteiger partial charge on any atom is 0.340 e. The minimum atomic E-state index is -1.23. The summed E-state index contributed by atoms with van der Waals surface area (Å²) in [4.78, 5) is 40.5. The summed E-state index contributed by atoms with van der Waals surface area (Å²) in [5, 5.41) is 13.1. The largest absolute Gasteiger partial charge is 0.493 e. The summed E-state index contributed by atoms with van der Waals surface area (Å²) < 4.78 is 10.7. The number of benzene rings is 2. The number of anilines is 1. The monoisotopic (exact) mass is 513 g/mol. The molecule has 9 nitrogen and oxygen atoms in total. The number of thioether (sulfide) groups is 1. The minimum Gasteiger partial charge on any atom is -0.493 e. The van der Waals surface area contributed by atoms with Gasteiger partial charge < -0.3 is 14.6 Å². The van der Waals surface area contributed by atoms with E-state index in [9.17, 15) is 19.5 Å². The molecule has 4 rings (SSSR count). The number of hydrogen-bond donors (Lipinski definition) is 1. The number of rotatable bonds is 6. The highest BCUT2D eigenvalue weighted by Crippen LogP contribution is 2.40. The Balaban J connectivity index is 1.71. The Labute approximate surface area is 211 Å². The molecular weight excluding hydrogens is 490 g/mol. The molecule has 0 unspecified atom stereocenters. The van der Waals surface area contributed by atoms with Crippen molar-refractivity contribution in [2.24, 2.45) is 0 Å². The number of para-hydroxylation sites is 1. The van der Waals surface area contributed by atoms with Crippen LogP contribution in [0.25, 0.3) is 6.08 Å². The molecular formula is C24H23N3O6S2. The first-order valence-electron chi connectivity index (χ1n) is 10.6. The highest BCUT2D eigenvalue weighted by Gasteiger charge is 2.51. The number of hydrogen-bond acceptors (Lipinski definition) is 8. The van der Waals surface area contributed by atoms with Crippen LogP contribution in [0.3, 0.4) is 0 Å². The average molecular weight is 514 g/mol. The Morgan fingerprint density at radius 2 is 1.80 bits per heavy atom. The van der Waals surface area contributed by atoms with Gasteiger partial charge in [0.25, 0.3) is 11.8 Å². The van der Waals surface area contributed by atoms with Crippen molar-refractivity contribution < 1.29 is 29.0 Å². The van der Waals surface area contributed by atoms with Crippen LogP contribution >= 0.6 is 24.0 Å². The Bertz CT molecular complexity index is 1250. The molecule has 0 bridgehead atoms. The number of nitrogens with zero attached hydrogens (tertiary/aromatic N) is 3. The van der Waals surface area contributed by atoms with Crippen molar-refractivity contribution in [3.05, 3.63) is 58.5 Å². The molecule has 2 heterocycles. The van der Waals surface area contributed by atoms with Crippen molar-refractivity contribution in [3.63, 3.8) is 0 Å². The van der Waals surface area contributed by atoms with E-state index in [-0.39, 0.29) is 43.8 Å². The van der Waals surface area contributed by atoms with Crippen LogP contribution in [0.1, 0.15) is 22.8 Å². The lowest BCUT2D eigenvalue weighted by Crippen LogP contribution is -2.48. The lowest BCUT2D eigenvalue weighted by molar-refractivity contribution is -0.130. The zero-order valence-corrected chi connectivity index (χ0v) is 21.1. The molecule has 2 amide bonds. The first-order valence-corrected chi connectivity index (χ1v) is 11.8. The minimum absolute atomic E-state index is 0.0453. The van der Waals surface area contributed by atoms with Crippen LogP contribution in [-0.4, -0.2) is 70.5 Å². The fourth-order valence-electron chi connectivity index (χ4n) is 4.22. The molecule has 0 aliphatic carbocycles. The molecule has 2 saturated heterocycles. The highest BCUT2D eigenvalue weighted by molar-refractivity contribution is 8.26. The van der Waals surface area contributed by atoms with Crippen LogP contribution in [0.5, 0.6) is 11.5 Å². The third kappa shape index (κ3) is 4.15. The molecule has 0 radical (unpaired) electrons. The second-order valence-electron chi connectivity index (χ2n) is 7.87. The van der Waals surface area contributed by atoms with E-state index in [1.807, 2.05) is 37.3 Å². The van der Waals surface area contributed by atoms with Crippen molar-refractivity contribution in [3.8, 4) is 11.5 Å². The van der Waals surface area contributed by atoms with Crippen LogP contribution in [0.4, 0.5) is 5.69 Å². The molecule has 2 aliphatic heterocycles. The van der Waals surface area contributed by atoms with Crippen molar-refractivity contribution in [1.82, 2.24) is 9.91 Å². The molecule has 182 valence electrons. The first-order chi connectivity index (χ1) is 16.7. The summed E-state index contributed by atoms with van der Waals surface area (Å²) >= 11 is 6.52. The van der Waals surface area contributed by atoms with Gasteiger partial charge in [0.2, 0.25) is 0 Å². The van der Waals surface area contributed by atoms with Gasteiger partial charge in [-0.2, -0.15) is 0 Å². The third-order valence-corrected chi connectivity index (χ3v) is 7.33. The summed E-state index contributed by atoms with van der Waals surface area (Å²) in [6, 6.07) is 11.1. The number of carbonyl (C=O) groups excluding carboxylic acids is 2. The second-order valence-corrected chi connectivity index (χ2v) is 9.54. The van der Waals surface area contributed by atoms with Gasteiger partial charge in [0.05, 0.1) is 30.9 Å². The molecule has 2 aromatic rings. The lowest BCUT2D eigenvalue weighted by Gasteiger charge is -2.26. The Kier molecular flexibility index (Phi) is 6.84. The van der Waals surface area contributed by atoms with E-state index >= 15 is 0 Å². The number of thiocarbonyl (C=S) groups is 1. The molecule has 2 fully saturated rings. The SMILES string of the molecule is COc1ccc(/C=C2\SC(=S)N([C@H]3C(=O)N(c4ccccc4)N(C)[C@@H]3C)C2=O)c(C(=O)O)c1OC. The van der Waals surface area contributed by atoms with Gasteiger partial charge in [-0.05, 0) is 36.8 Å². The highest BCUT2D eigenvalue weighted by atomic mass is 32.2. The summed E-state index contributed by atoms with van der Waals surface area (Å²) in [6.45, 7) is 1.85. The Hall–Kier alpha value is -3.41. The van der Waals surface area contributed by atoms with E-state index in [0.29, 0.717) is 5.69 Å². The zero-order chi connectivity index (χ0) is 25.4. The molecule has 35 heavy (non-hydrogen) atoms. The third-order valence-electron chi connectivity index (χ3n) is 6.00. The summed E-state index contributed by atoms with van der Waals surface area (Å²) in [5.74, 6) is -1.67. The topological polar surface area (TPSA) is 99.6 Å². The number of carboxylic acids is 1. The molecule has 1 N–H and O–H groups in total. The van der Waals surface area contributed by atoms with Crippen molar-refractivity contribution >= 4 is 57.8 Å². The fraction of sp³-hybridized carbons (Fsp3) is 0.250. The van der Waals surface area contributed by atoms with Crippen LogP contribution in [0.2, 0.25) is 0 Å². The quantitative estimate of drug-likeness (QED) is 0.461. The van der Waals surface area contributed by atoms with Gasteiger partial charge in [0.1, 0.15) is 15.9 Å². The Morgan fingerprint density at radius 3 is 2.40 bits per heavy atom. The summed E-state index contributed by atoms with van der Waals surface area (Å²) in [6.07, 6.45) is 1.45. The smallest absolute Gasteiger partial charge is 0.340 e. The van der Waals surface area contributed by atoms with Crippen molar-refractivity contribution in [1.29, 1.82) is 0 Å². The average Bonchev–Trinajstić information content (AvgIpc) is 3.23. The predicted molar refractivity (Wildman–Crippen MR) is 136 cm³/mol. The maximum absolute atomic E-state index is 13.5. The fourth-order valence-corrected chi connectivity index (χ4v) is 5.54. The van der Waals surface area contributed by atoms with Gasteiger partial charge in [-0.25, -0.2) is 14.8 Å². The maximum atomic E-state index is 13.5. The van der Waals surface area contributed by atoms with E-state index in [4.69, 9.17) is 21.7 Å².